The summed E-state index contributed by atoms with van der Waals surface area (Å²) in [4.78, 5) is 15.8. The van der Waals surface area contributed by atoms with Crippen molar-refractivity contribution in [3.05, 3.63) is 0 Å². The smallest absolute Gasteiger partial charge is 0.248 e. The van der Waals surface area contributed by atoms with Crippen LogP contribution in [0.2, 0.25) is 0 Å². The second-order valence-corrected chi connectivity index (χ2v) is 5.09. The lowest BCUT2D eigenvalue weighted by molar-refractivity contribution is -0.142. The minimum absolute atomic E-state index is 0.109. The predicted molar refractivity (Wildman–Crippen MR) is 59.8 cm³/mol. The molecule has 1 amide bonds. The van der Waals surface area contributed by atoms with E-state index in [9.17, 15) is 4.79 Å². The number of nitrogens with zero attached hydrogens (tertiary/aromatic N) is 2. The van der Waals surface area contributed by atoms with Gasteiger partial charge in [0.2, 0.25) is 5.91 Å². The zero-order chi connectivity index (χ0) is 11.5. The molecule has 0 N–H and O–H groups in total. The summed E-state index contributed by atoms with van der Waals surface area (Å²) in [5.74, 6) is 0.109. The highest BCUT2D eigenvalue weighted by molar-refractivity contribution is 5.77. The molecule has 0 aromatic carbocycles. The van der Waals surface area contributed by atoms with Gasteiger partial charge in [0.05, 0.1) is 5.60 Å². The Kier molecular flexibility index (Phi) is 4.11. The minimum Gasteiger partial charge on any atom is -0.366 e. The van der Waals surface area contributed by atoms with Gasteiger partial charge in [0.25, 0.3) is 0 Å². The van der Waals surface area contributed by atoms with Crippen molar-refractivity contribution < 1.29 is 9.53 Å². The van der Waals surface area contributed by atoms with Crippen LogP contribution in [0.25, 0.3) is 0 Å². The SMILES string of the molecule is CN1CCN(C(=O)COC(C)(C)C)CC1. The van der Waals surface area contributed by atoms with Crippen molar-refractivity contribution in [3.8, 4) is 0 Å². The first-order valence-corrected chi connectivity index (χ1v) is 5.49. The van der Waals surface area contributed by atoms with Crippen LogP contribution >= 0.6 is 0 Å². The predicted octanol–water partition coefficient (Wildman–Crippen LogP) is 0.575. The van der Waals surface area contributed by atoms with Gasteiger partial charge >= 0.3 is 0 Å². The van der Waals surface area contributed by atoms with E-state index in [2.05, 4.69) is 11.9 Å². The Balaban J connectivity index is 2.29. The molecule has 0 aliphatic carbocycles. The molecule has 0 bridgehead atoms. The highest BCUT2D eigenvalue weighted by Crippen LogP contribution is 2.07. The van der Waals surface area contributed by atoms with Gasteiger partial charge in [0.15, 0.2) is 0 Å². The van der Waals surface area contributed by atoms with Crippen LogP contribution in [0.4, 0.5) is 0 Å². The van der Waals surface area contributed by atoms with Gasteiger partial charge in [-0.3, -0.25) is 4.79 Å². The van der Waals surface area contributed by atoms with E-state index in [-0.39, 0.29) is 18.1 Å². The number of carbonyl (C=O) groups excluding carboxylic acids is 1. The third kappa shape index (κ3) is 4.62. The van der Waals surface area contributed by atoms with Crippen LogP contribution in [0.3, 0.4) is 0 Å². The number of ether oxygens (including phenoxy) is 1. The molecule has 1 fully saturated rings. The highest BCUT2D eigenvalue weighted by atomic mass is 16.5. The van der Waals surface area contributed by atoms with Crippen molar-refractivity contribution >= 4 is 5.91 Å². The van der Waals surface area contributed by atoms with E-state index < -0.39 is 0 Å². The third-order valence-electron chi connectivity index (χ3n) is 2.48. The zero-order valence-electron chi connectivity index (χ0n) is 10.2. The lowest BCUT2D eigenvalue weighted by Gasteiger charge is -2.33. The summed E-state index contributed by atoms with van der Waals surface area (Å²) in [5.41, 5.74) is -0.234. The van der Waals surface area contributed by atoms with Crippen LogP contribution in [0.5, 0.6) is 0 Å². The molecule has 0 aromatic rings. The molecule has 1 aliphatic heterocycles. The number of hydrogen-bond acceptors (Lipinski definition) is 3. The molecular weight excluding hydrogens is 192 g/mol. The summed E-state index contributed by atoms with van der Waals surface area (Å²) >= 11 is 0. The summed E-state index contributed by atoms with van der Waals surface area (Å²) in [6, 6.07) is 0. The van der Waals surface area contributed by atoms with Gasteiger partial charge < -0.3 is 14.5 Å². The second kappa shape index (κ2) is 4.94. The lowest BCUT2D eigenvalue weighted by atomic mass is 10.2. The number of rotatable bonds is 2. The molecule has 0 aromatic heterocycles. The van der Waals surface area contributed by atoms with Crippen molar-refractivity contribution in [3.63, 3.8) is 0 Å². The van der Waals surface area contributed by atoms with Crippen LogP contribution in [0.1, 0.15) is 20.8 Å². The summed E-state index contributed by atoms with van der Waals surface area (Å²) in [5, 5.41) is 0. The maximum Gasteiger partial charge on any atom is 0.248 e. The van der Waals surface area contributed by atoms with Gasteiger partial charge in [0, 0.05) is 26.2 Å². The molecule has 0 atom stereocenters. The van der Waals surface area contributed by atoms with E-state index in [1.165, 1.54) is 0 Å². The van der Waals surface area contributed by atoms with Gasteiger partial charge in [-0.05, 0) is 27.8 Å². The molecule has 1 rings (SSSR count). The van der Waals surface area contributed by atoms with Gasteiger partial charge in [-0.2, -0.15) is 0 Å². The molecule has 1 aliphatic rings. The number of hydrogen-bond donors (Lipinski definition) is 0. The van der Waals surface area contributed by atoms with Crippen molar-refractivity contribution in [1.82, 2.24) is 9.80 Å². The van der Waals surface area contributed by atoms with Crippen LogP contribution in [-0.2, 0) is 9.53 Å². The molecule has 0 unspecified atom stereocenters. The van der Waals surface area contributed by atoms with Crippen LogP contribution in [0, 0.1) is 0 Å². The number of likely N-dealkylation sites (N-methyl/N-ethyl adjacent to an activating group) is 1. The lowest BCUT2D eigenvalue weighted by Crippen LogP contribution is -2.48. The van der Waals surface area contributed by atoms with Gasteiger partial charge in [-0.15, -0.1) is 0 Å². The Bertz CT molecular complexity index is 215. The quantitative estimate of drug-likeness (QED) is 0.674. The van der Waals surface area contributed by atoms with E-state index in [0.717, 1.165) is 26.2 Å². The fraction of sp³-hybridized carbons (Fsp3) is 0.909. The number of amides is 1. The highest BCUT2D eigenvalue weighted by Gasteiger charge is 2.20. The first kappa shape index (κ1) is 12.5. The Labute approximate surface area is 92.2 Å². The average molecular weight is 214 g/mol. The molecule has 1 saturated heterocycles. The van der Waals surface area contributed by atoms with Crippen molar-refractivity contribution in [1.29, 1.82) is 0 Å². The molecule has 0 saturated carbocycles. The fourth-order valence-corrected chi connectivity index (χ4v) is 1.43. The molecule has 88 valence electrons. The summed E-state index contributed by atoms with van der Waals surface area (Å²) < 4.78 is 5.47. The van der Waals surface area contributed by atoms with Crippen molar-refractivity contribution in [2.75, 3.05) is 39.8 Å². The van der Waals surface area contributed by atoms with Gasteiger partial charge in [0.1, 0.15) is 6.61 Å². The summed E-state index contributed by atoms with van der Waals surface area (Å²) in [6.07, 6.45) is 0. The molecule has 15 heavy (non-hydrogen) atoms. The molecule has 0 radical (unpaired) electrons. The van der Waals surface area contributed by atoms with Crippen molar-refractivity contribution in [2.24, 2.45) is 0 Å². The van der Waals surface area contributed by atoms with E-state index in [0.29, 0.717) is 0 Å². The minimum atomic E-state index is -0.234. The van der Waals surface area contributed by atoms with Crippen LogP contribution in [0.15, 0.2) is 0 Å². The average Bonchev–Trinajstić information content (AvgIpc) is 2.14. The van der Waals surface area contributed by atoms with Crippen molar-refractivity contribution in [2.45, 2.75) is 26.4 Å². The molecular formula is C11H22N2O2. The standard InChI is InChI=1S/C11H22N2O2/c1-11(2,3)15-9-10(14)13-7-5-12(4)6-8-13/h5-9H2,1-4H3. The summed E-state index contributed by atoms with van der Waals surface area (Å²) in [7, 11) is 2.08. The molecule has 4 nitrogen and oxygen atoms in total. The van der Waals surface area contributed by atoms with Crippen LogP contribution < -0.4 is 0 Å². The maximum atomic E-state index is 11.7. The van der Waals surface area contributed by atoms with Gasteiger partial charge in [-0.1, -0.05) is 0 Å². The Morgan fingerprint density at radius 1 is 1.20 bits per heavy atom. The first-order chi connectivity index (χ1) is 6.88. The normalized spacial score (nSPS) is 19.3. The first-order valence-electron chi connectivity index (χ1n) is 5.49. The van der Waals surface area contributed by atoms with E-state index in [1.807, 2.05) is 25.7 Å². The fourth-order valence-electron chi connectivity index (χ4n) is 1.43. The largest absolute Gasteiger partial charge is 0.366 e. The van der Waals surface area contributed by atoms with Gasteiger partial charge in [-0.25, -0.2) is 0 Å². The van der Waals surface area contributed by atoms with E-state index in [1.54, 1.807) is 0 Å². The Hall–Kier alpha value is -0.610. The van der Waals surface area contributed by atoms with E-state index in [4.69, 9.17) is 4.74 Å². The topological polar surface area (TPSA) is 32.8 Å². The molecule has 0 spiro atoms. The molecule has 1 heterocycles. The van der Waals surface area contributed by atoms with E-state index >= 15 is 0 Å². The molecule has 4 heteroatoms. The Morgan fingerprint density at radius 3 is 2.20 bits per heavy atom. The second-order valence-electron chi connectivity index (χ2n) is 5.09. The monoisotopic (exact) mass is 214 g/mol. The summed E-state index contributed by atoms with van der Waals surface area (Å²) in [6.45, 7) is 9.65. The van der Waals surface area contributed by atoms with Crippen LogP contribution in [-0.4, -0.2) is 61.1 Å². The zero-order valence-corrected chi connectivity index (χ0v) is 10.2. The number of carbonyl (C=O) groups is 1. The Morgan fingerprint density at radius 2 is 1.73 bits per heavy atom. The number of piperazine rings is 1. The maximum absolute atomic E-state index is 11.7. The third-order valence-corrected chi connectivity index (χ3v) is 2.48.